The third-order valence-electron chi connectivity index (χ3n) is 5.48. The van der Waals surface area contributed by atoms with Crippen LogP contribution in [0.1, 0.15) is 29.5 Å². The third-order valence-corrected chi connectivity index (χ3v) is 5.48. The van der Waals surface area contributed by atoms with E-state index < -0.39 is 17.7 Å². The lowest BCUT2D eigenvalue weighted by Gasteiger charge is -2.33. The van der Waals surface area contributed by atoms with Crippen LogP contribution in [0.5, 0.6) is 5.75 Å². The Morgan fingerprint density at radius 3 is 2.86 bits per heavy atom. The number of carbonyl (C=O) groups is 2. The van der Waals surface area contributed by atoms with Gasteiger partial charge in [-0.25, -0.2) is 4.79 Å². The van der Waals surface area contributed by atoms with Gasteiger partial charge in [0.2, 0.25) is 0 Å². The molecule has 2 atom stereocenters. The number of carbonyl (C=O) groups excluding carboxylic acids is 2. The van der Waals surface area contributed by atoms with E-state index in [2.05, 4.69) is 5.32 Å². The summed E-state index contributed by atoms with van der Waals surface area (Å²) in [7, 11) is 0. The van der Waals surface area contributed by atoms with Crippen molar-refractivity contribution in [2.45, 2.75) is 37.8 Å². The number of urea groups is 1. The van der Waals surface area contributed by atoms with Gasteiger partial charge in [-0.3, -0.25) is 9.69 Å². The standard InChI is InChI=1S/C22H24N2O4/c1-15-6-4-9-18(12-15)28-14-17(25)13-24-20(26)22(23-21(24)27)11-5-8-16-7-2-3-10-19(16)22/h2-4,6-7,9-10,12,17,25H,5,8,11,13-14H2,1H3,(H,23,27)/t17-,22-/m0/s1. The number of benzene rings is 2. The third kappa shape index (κ3) is 3.24. The fraction of sp³-hybridized carbons (Fsp3) is 0.364. The first kappa shape index (κ1) is 18.5. The maximum absolute atomic E-state index is 13.2. The molecule has 0 bridgehead atoms. The Morgan fingerprint density at radius 1 is 1.21 bits per heavy atom. The number of β-amino-alcohol motifs (C(OH)–C–C–N with tert-alkyl or cyclic N) is 1. The van der Waals surface area contributed by atoms with Crippen molar-refractivity contribution in [3.8, 4) is 5.75 Å². The van der Waals surface area contributed by atoms with Crippen LogP contribution in [0.15, 0.2) is 48.5 Å². The topological polar surface area (TPSA) is 78.9 Å². The number of ether oxygens (including phenoxy) is 1. The van der Waals surface area contributed by atoms with Crippen LogP contribution in [0.25, 0.3) is 0 Å². The number of fused-ring (bicyclic) bond motifs is 2. The average Bonchev–Trinajstić information content (AvgIpc) is 2.92. The lowest BCUT2D eigenvalue weighted by Crippen LogP contribution is -2.47. The van der Waals surface area contributed by atoms with E-state index in [4.69, 9.17) is 4.74 Å². The summed E-state index contributed by atoms with van der Waals surface area (Å²) in [5.74, 6) is 0.355. The molecule has 146 valence electrons. The maximum Gasteiger partial charge on any atom is 0.325 e. The average molecular weight is 380 g/mol. The van der Waals surface area contributed by atoms with Crippen molar-refractivity contribution in [1.29, 1.82) is 0 Å². The van der Waals surface area contributed by atoms with Crippen molar-refractivity contribution < 1.29 is 19.4 Å². The van der Waals surface area contributed by atoms with E-state index in [9.17, 15) is 14.7 Å². The summed E-state index contributed by atoms with van der Waals surface area (Å²) in [5, 5.41) is 13.3. The summed E-state index contributed by atoms with van der Waals surface area (Å²) in [6, 6.07) is 14.8. The van der Waals surface area contributed by atoms with E-state index in [0.717, 1.165) is 34.4 Å². The Labute approximate surface area is 164 Å². The molecule has 1 spiro atoms. The molecule has 4 rings (SSSR count). The van der Waals surface area contributed by atoms with Gasteiger partial charge in [-0.05, 0) is 55.0 Å². The molecule has 1 heterocycles. The van der Waals surface area contributed by atoms with Gasteiger partial charge in [0.1, 0.15) is 24.0 Å². The lowest BCUT2D eigenvalue weighted by atomic mass is 9.76. The predicted molar refractivity (Wildman–Crippen MR) is 104 cm³/mol. The number of nitrogens with zero attached hydrogens (tertiary/aromatic N) is 1. The zero-order valence-electron chi connectivity index (χ0n) is 15.9. The first-order chi connectivity index (χ1) is 13.5. The second-order valence-electron chi connectivity index (χ2n) is 7.54. The van der Waals surface area contributed by atoms with Crippen LogP contribution in [0.2, 0.25) is 0 Å². The van der Waals surface area contributed by atoms with Crippen molar-refractivity contribution >= 4 is 11.9 Å². The molecule has 2 N–H and O–H groups in total. The normalized spacial score (nSPS) is 22.1. The monoisotopic (exact) mass is 380 g/mol. The van der Waals surface area contributed by atoms with E-state index in [1.807, 2.05) is 49.4 Å². The Kier molecular flexibility index (Phi) is 4.81. The molecule has 0 radical (unpaired) electrons. The molecule has 2 aromatic carbocycles. The largest absolute Gasteiger partial charge is 0.491 e. The van der Waals surface area contributed by atoms with Crippen LogP contribution in [-0.2, 0) is 16.8 Å². The number of hydrogen-bond donors (Lipinski definition) is 2. The van der Waals surface area contributed by atoms with Crippen molar-refractivity contribution in [3.63, 3.8) is 0 Å². The molecule has 1 fully saturated rings. The van der Waals surface area contributed by atoms with Crippen molar-refractivity contribution in [1.82, 2.24) is 10.2 Å². The highest BCUT2D eigenvalue weighted by Gasteiger charge is 2.54. The first-order valence-corrected chi connectivity index (χ1v) is 9.60. The van der Waals surface area contributed by atoms with Gasteiger partial charge in [0, 0.05) is 0 Å². The number of rotatable bonds is 5. The number of aliphatic hydroxyl groups is 1. The number of hydrogen-bond acceptors (Lipinski definition) is 4. The van der Waals surface area contributed by atoms with Crippen molar-refractivity contribution in [2.24, 2.45) is 0 Å². The minimum atomic E-state index is -1.01. The highest BCUT2D eigenvalue weighted by Crippen LogP contribution is 2.39. The summed E-state index contributed by atoms with van der Waals surface area (Å²) in [4.78, 5) is 26.9. The molecule has 6 nitrogen and oxygen atoms in total. The van der Waals surface area contributed by atoms with Gasteiger partial charge < -0.3 is 15.2 Å². The van der Waals surface area contributed by atoms with Gasteiger partial charge in [0.05, 0.1) is 6.54 Å². The van der Waals surface area contributed by atoms with Gasteiger partial charge >= 0.3 is 6.03 Å². The molecule has 0 saturated carbocycles. The zero-order chi connectivity index (χ0) is 19.7. The van der Waals surface area contributed by atoms with Crippen LogP contribution in [-0.4, -0.2) is 41.2 Å². The van der Waals surface area contributed by atoms with Crippen LogP contribution in [0.4, 0.5) is 4.79 Å². The van der Waals surface area contributed by atoms with E-state index in [0.29, 0.717) is 12.2 Å². The number of imide groups is 1. The summed E-state index contributed by atoms with van der Waals surface area (Å²) >= 11 is 0. The molecular weight excluding hydrogens is 356 g/mol. The van der Waals surface area contributed by atoms with Crippen LogP contribution < -0.4 is 10.1 Å². The molecule has 0 unspecified atom stereocenters. The van der Waals surface area contributed by atoms with Crippen LogP contribution >= 0.6 is 0 Å². The smallest absolute Gasteiger partial charge is 0.325 e. The summed E-state index contributed by atoms with van der Waals surface area (Å²) in [6.45, 7) is 1.86. The summed E-state index contributed by atoms with van der Waals surface area (Å²) < 4.78 is 5.60. The fourth-order valence-electron chi connectivity index (χ4n) is 4.14. The van der Waals surface area contributed by atoms with Crippen molar-refractivity contribution in [3.05, 3.63) is 65.2 Å². The van der Waals surface area contributed by atoms with E-state index >= 15 is 0 Å². The lowest BCUT2D eigenvalue weighted by molar-refractivity contribution is -0.133. The second-order valence-corrected chi connectivity index (χ2v) is 7.54. The van der Waals surface area contributed by atoms with Gasteiger partial charge in [-0.2, -0.15) is 0 Å². The molecule has 6 heteroatoms. The number of amides is 3. The molecule has 1 aliphatic heterocycles. The number of nitrogens with one attached hydrogen (secondary N) is 1. The fourth-order valence-corrected chi connectivity index (χ4v) is 4.14. The number of aryl methyl sites for hydroxylation is 2. The first-order valence-electron chi connectivity index (χ1n) is 9.60. The molecule has 1 saturated heterocycles. The van der Waals surface area contributed by atoms with Gasteiger partial charge in [-0.1, -0.05) is 36.4 Å². The van der Waals surface area contributed by atoms with Crippen LogP contribution in [0.3, 0.4) is 0 Å². The SMILES string of the molecule is Cc1cccc(OC[C@@H](O)CN2C(=O)N[C@]3(CCCc4ccccc43)C2=O)c1. The van der Waals surface area contributed by atoms with Crippen molar-refractivity contribution in [2.75, 3.05) is 13.2 Å². The minimum Gasteiger partial charge on any atom is -0.491 e. The Bertz CT molecular complexity index is 913. The van der Waals surface area contributed by atoms with E-state index in [1.54, 1.807) is 6.07 Å². The molecule has 28 heavy (non-hydrogen) atoms. The Balaban J connectivity index is 1.46. The van der Waals surface area contributed by atoms with Gasteiger partial charge in [-0.15, -0.1) is 0 Å². The predicted octanol–water partition coefficient (Wildman–Crippen LogP) is 2.52. The van der Waals surface area contributed by atoms with Gasteiger partial charge in [0.25, 0.3) is 5.91 Å². The minimum absolute atomic E-state index is 0.00407. The summed E-state index contributed by atoms with van der Waals surface area (Å²) in [6.07, 6.45) is 1.33. The molecule has 2 aromatic rings. The Morgan fingerprint density at radius 2 is 2.04 bits per heavy atom. The quantitative estimate of drug-likeness (QED) is 0.782. The second kappa shape index (κ2) is 7.28. The highest BCUT2D eigenvalue weighted by atomic mass is 16.5. The summed E-state index contributed by atoms with van der Waals surface area (Å²) in [5.41, 5.74) is 2.00. The molecule has 1 aliphatic carbocycles. The van der Waals surface area contributed by atoms with E-state index in [1.165, 1.54) is 0 Å². The highest BCUT2D eigenvalue weighted by molar-refractivity contribution is 6.07. The molecule has 3 amide bonds. The van der Waals surface area contributed by atoms with Gasteiger partial charge in [0.15, 0.2) is 0 Å². The maximum atomic E-state index is 13.2. The van der Waals surface area contributed by atoms with E-state index in [-0.39, 0.29) is 19.1 Å². The van der Waals surface area contributed by atoms with Crippen LogP contribution in [0, 0.1) is 6.92 Å². The molecule has 0 aromatic heterocycles. The zero-order valence-corrected chi connectivity index (χ0v) is 15.9. The molecular formula is C22H24N2O4. The number of aliphatic hydroxyl groups excluding tert-OH is 1. The molecule has 2 aliphatic rings. The Hall–Kier alpha value is -2.86.